The number of carboxylic acids is 1. The fraction of sp³-hybridized carbons (Fsp3) is 0.556. The molecule has 9 heteroatoms. The van der Waals surface area contributed by atoms with Crippen LogP contribution in [0.25, 0.3) is 0 Å². The van der Waals surface area contributed by atoms with Gasteiger partial charge in [-0.25, -0.2) is 0 Å². The summed E-state index contributed by atoms with van der Waals surface area (Å²) in [6.07, 6.45) is -0.362. The van der Waals surface area contributed by atoms with Crippen LogP contribution < -0.4 is 16.4 Å². The number of nitrogens with one attached hydrogen (secondary N) is 2. The minimum absolute atomic E-state index is 0.0420. The Labute approximate surface area is 109 Å². The summed E-state index contributed by atoms with van der Waals surface area (Å²) in [5, 5.41) is 12.9. The molecule has 0 aliphatic rings. The van der Waals surface area contributed by atoms with Crippen LogP contribution in [-0.4, -0.2) is 53.6 Å². The third-order valence-electron chi connectivity index (χ3n) is 1.84. The van der Waals surface area contributed by atoms with Crippen LogP contribution in [0.5, 0.6) is 0 Å². The van der Waals surface area contributed by atoms with Gasteiger partial charge in [0.1, 0.15) is 6.04 Å². The average Bonchev–Trinajstić information content (AvgIpc) is 2.32. The lowest BCUT2D eigenvalue weighted by atomic mass is 10.1. The highest BCUT2D eigenvalue weighted by Gasteiger charge is 2.16. The highest BCUT2D eigenvalue weighted by atomic mass is 32.1. The first-order chi connectivity index (χ1) is 8.36. The van der Waals surface area contributed by atoms with Gasteiger partial charge in [-0.15, -0.1) is 0 Å². The maximum Gasteiger partial charge on any atom is 0.320 e. The van der Waals surface area contributed by atoms with E-state index >= 15 is 0 Å². The van der Waals surface area contributed by atoms with E-state index < -0.39 is 29.6 Å². The highest BCUT2D eigenvalue weighted by molar-refractivity contribution is 7.81. The number of carbonyl (C=O) groups excluding carboxylic acids is 3. The van der Waals surface area contributed by atoms with Crippen molar-refractivity contribution in [3.63, 3.8) is 0 Å². The van der Waals surface area contributed by atoms with Gasteiger partial charge in [0.2, 0.25) is 11.8 Å². The van der Waals surface area contributed by atoms with Gasteiger partial charge >= 0.3 is 5.97 Å². The molecule has 8 nitrogen and oxygen atoms in total. The van der Waals surface area contributed by atoms with E-state index in [1.807, 2.05) is 0 Å². The molecule has 18 heavy (non-hydrogen) atoms. The fourth-order valence-corrected chi connectivity index (χ4v) is 1.01. The molecule has 2 amide bonds. The molecule has 102 valence electrons. The van der Waals surface area contributed by atoms with E-state index in [1.54, 1.807) is 0 Å². The Morgan fingerprint density at radius 2 is 1.67 bits per heavy atom. The summed E-state index contributed by atoms with van der Waals surface area (Å²) in [6.45, 7) is -0.589. The van der Waals surface area contributed by atoms with Crippen LogP contribution in [0, 0.1) is 0 Å². The predicted octanol–water partition coefficient (Wildman–Crippen LogP) is -2.48. The van der Waals surface area contributed by atoms with Gasteiger partial charge in [0, 0.05) is 6.42 Å². The van der Waals surface area contributed by atoms with Crippen LogP contribution in [0.4, 0.5) is 0 Å². The number of nitrogens with two attached hydrogens (primary N) is 1. The number of aliphatic carboxylic acids is 1. The van der Waals surface area contributed by atoms with Crippen molar-refractivity contribution in [2.75, 3.05) is 18.8 Å². The van der Waals surface area contributed by atoms with E-state index in [2.05, 4.69) is 23.3 Å². The smallest absolute Gasteiger partial charge is 0.320 e. The number of Topliss-reactive ketones (excluding diaryl/α,β-unsaturated/α-hetero) is 1. The molecular formula is C9H15N3O5S. The van der Waals surface area contributed by atoms with Crippen molar-refractivity contribution in [2.24, 2.45) is 5.73 Å². The van der Waals surface area contributed by atoms with Crippen molar-refractivity contribution in [1.82, 2.24) is 10.6 Å². The molecule has 0 radical (unpaired) electrons. The van der Waals surface area contributed by atoms with Gasteiger partial charge in [0.05, 0.1) is 18.8 Å². The molecule has 0 fully saturated rings. The summed E-state index contributed by atoms with van der Waals surface area (Å²) >= 11 is 3.69. The molecule has 0 aromatic rings. The Hall–Kier alpha value is -1.61. The first kappa shape index (κ1) is 16.4. The maximum atomic E-state index is 11.2. The third-order valence-corrected chi connectivity index (χ3v) is 2.12. The van der Waals surface area contributed by atoms with Crippen LogP contribution >= 0.6 is 12.6 Å². The summed E-state index contributed by atoms with van der Waals surface area (Å²) in [4.78, 5) is 43.5. The van der Waals surface area contributed by atoms with Gasteiger partial charge in [-0.05, 0) is 0 Å². The number of carbonyl (C=O) groups is 4. The number of hydrogen-bond acceptors (Lipinski definition) is 6. The molecule has 1 atom stereocenters. The summed E-state index contributed by atoms with van der Waals surface area (Å²) in [5.41, 5.74) is 5.14. The molecular weight excluding hydrogens is 262 g/mol. The Kier molecular flexibility index (Phi) is 7.72. The quantitative estimate of drug-likeness (QED) is 0.311. The second-order valence-corrected chi connectivity index (χ2v) is 3.72. The Balaban J connectivity index is 3.82. The third kappa shape index (κ3) is 7.63. The van der Waals surface area contributed by atoms with Crippen LogP contribution in [0.1, 0.15) is 6.42 Å². The van der Waals surface area contributed by atoms with E-state index in [1.165, 1.54) is 0 Å². The Morgan fingerprint density at radius 3 is 2.17 bits per heavy atom. The molecule has 0 heterocycles. The Bertz CT molecular complexity index is 347. The minimum atomic E-state index is -1.28. The SMILES string of the molecule is N[C@@H](CC(=O)CNC(=O)CNC(=O)CS)C(=O)O. The molecule has 0 saturated carbocycles. The summed E-state index contributed by atoms with van der Waals surface area (Å²) in [7, 11) is 0. The second kappa shape index (κ2) is 8.48. The van der Waals surface area contributed by atoms with Crippen LogP contribution in [-0.2, 0) is 19.2 Å². The van der Waals surface area contributed by atoms with Crippen molar-refractivity contribution in [3.05, 3.63) is 0 Å². The van der Waals surface area contributed by atoms with Crippen molar-refractivity contribution in [1.29, 1.82) is 0 Å². The molecule has 0 rings (SSSR count). The first-order valence-electron chi connectivity index (χ1n) is 5.01. The zero-order chi connectivity index (χ0) is 14.1. The molecule has 0 aliphatic carbocycles. The van der Waals surface area contributed by atoms with Crippen molar-refractivity contribution in [2.45, 2.75) is 12.5 Å². The number of amides is 2. The number of ketones is 1. The highest BCUT2D eigenvalue weighted by Crippen LogP contribution is 1.89. The van der Waals surface area contributed by atoms with Gasteiger partial charge in [0.25, 0.3) is 0 Å². The topological polar surface area (TPSA) is 139 Å². The number of hydrogen-bond donors (Lipinski definition) is 5. The minimum Gasteiger partial charge on any atom is -0.480 e. The fourth-order valence-electron chi connectivity index (χ4n) is 0.899. The van der Waals surface area contributed by atoms with E-state index in [0.29, 0.717) is 0 Å². The first-order valence-corrected chi connectivity index (χ1v) is 5.64. The second-order valence-electron chi connectivity index (χ2n) is 3.40. The number of rotatable bonds is 8. The van der Waals surface area contributed by atoms with E-state index in [0.717, 1.165) is 0 Å². The van der Waals surface area contributed by atoms with Crippen molar-refractivity contribution >= 4 is 36.2 Å². The summed E-state index contributed by atoms with van der Waals surface area (Å²) in [5.74, 6) is -2.79. The predicted molar refractivity (Wildman–Crippen MR) is 65.1 cm³/mol. The standard InChI is InChI=1S/C9H15N3O5S/c10-6(9(16)17)1-5(13)2-11-7(14)3-12-8(15)4-18/h6,18H,1-4,10H2,(H,11,14)(H,12,15)(H,16,17)/t6-/m0/s1. The van der Waals surface area contributed by atoms with Crippen molar-refractivity contribution in [3.8, 4) is 0 Å². The van der Waals surface area contributed by atoms with Gasteiger partial charge in [0.15, 0.2) is 5.78 Å². The zero-order valence-corrected chi connectivity index (χ0v) is 10.4. The summed E-state index contributed by atoms with van der Waals surface area (Å²) < 4.78 is 0. The summed E-state index contributed by atoms with van der Waals surface area (Å²) in [6, 6.07) is -1.28. The van der Waals surface area contributed by atoms with E-state index in [4.69, 9.17) is 10.8 Å². The van der Waals surface area contributed by atoms with E-state index in [9.17, 15) is 19.2 Å². The van der Waals surface area contributed by atoms with Crippen LogP contribution in [0.3, 0.4) is 0 Å². The molecule has 0 spiro atoms. The molecule has 0 aromatic carbocycles. The normalized spacial score (nSPS) is 11.4. The van der Waals surface area contributed by atoms with Crippen LogP contribution in [0.15, 0.2) is 0 Å². The lowest BCUT2D eigenvalue weighted by Gasteiger charge is -2.07. The average molecular weight is 277 g/mol. The van der Waals surface area contributed by atoms with Gasteiger partial charge in [-0.2, -0.15) is 12.6 Å². The lowest BCUT2D eigenvalue weighted by Crippen LogP contribution is -2.41. The molecule has 0 aromatic heterocycles. The zero-order valence-electron chi connectivity index (χ0n) is 9.51. The largest absolute Gasteiger partial charge is 0.480 e. The Morgan fingerprint density at radius 1 is 1.11 bits per heavy atom. The number of thiol groups is 1. The molecule has 0 bridgehead atoms. The molecule has 0 unspecified atom stereocenters. The van der Waals surface area contributed by atoms with Gasteiger partial charge in [-0.3, -0.25) is 19.2 Å². The van der Waals surface area contributed by atoms with Crippen LogP contribution in [0.2, 0.25) is 0 Å². The maximum absolute atomic E-state index is 11.2. The molecule has 5 N–H and O–H groups in total. The monoisotopic (exact) mass is 277 g/mol. The number of carboxylic acid groups (broad SMARTS) is 1. The van der Waals surface area contributed by atoms with E-state index in [-0.39, 0.29) is 25.3 Å². The van der Waals surface area contributed by atoms with Crippen molar-refractivity contribution < 1.29 is 24.3 Å². The lowest BCUT2D eigenvalue weighted by molar-refractivity contribution is -0.140. The van der Waals surface area contributed by atoms with Gasteiger partial charge < -0.3 is 21.5 Å². The molecule has 0 saturated heterocycles. The van der Waals surface area contributed by atoms with Gasteiger partial charge in [-0.1, -0.05) is 0 Å². The molecule has 0 aliphatic heterocycles.